The molecule has 0 fully saturated rings. The number of hydrogen-bond acceptors (Lipinski definition) is 3. The molecule has 0 amide bonds. The molecule has 0 bridgehead atoms. The molecule has 0 N–H and O–H groups in total. The van der Waals surface area contributed by atoms with Crippen molar-refractivity contribution in [2.45, 2.75) is 6.92 Å². The number of rotatable bonds is 2. The minimum Gasteiger partial charge on any atom is -0.443 e. The van der Waals surface area contributed by atoms with E-state index in [2.05, 4.69) is 4.98 Å². The molecule has 17 heavy (non-hydrogen) atoms. The molecule has 0 aliphatic heterocycles. The summed E-state index contributed by atoms with van der Waals surface area (Å²) in [6.45, 7) is 1.75. The highest BCUT2D eigenvalue weighted by Crippen LogP contribution is 2.38. The van der Waals surface area contributed by atoms with Crippen molar-refractivity contribution in [3.8, 4) is 11.3 Å². The predicted octanol–water partition coefficient (Wildman–Crippen LogP) is 4.34. The maximum atomic E-state index is 11.2. The monoisotopic (exact) mass is 289 g/mol. The molecule has 2 aromatic rings. The fraction of sp³-hybridized carbons (Fsp3) is 0.0909. The lowest BCUT2D eigenvalue weighted by atomic mass is 10.1. The van der Waals surface area contributed by atoms with Crippen LogP contribution in [0.15, 0.2) is 22.9 Å². The molecular weight excluding hydrogens is 284 g/mol. The average molecular weight is 291 g/mol. The largest absolute Gasteiger partial charge is 0.443 e. The van der Waals surface area contributed by atoms with Gasteiger partial charge in [-0.05, 0) is 30.7 Å². The molecule has 2 rings (SSSR count). The molecule has 1 aromatic carbocycles. The van der Waals surface area contributed by atoms with Crippen molar-refractivity contribution in [2.24, 2.45) is 0 Å². The Morgan fingerprint density at radius 2 is 2.06 bits per heavy atom. The topological polar surface area (TPSA) is 43.1 Å². The number of carbonyl (C=O) groups is 1. The normalized spacial score (nSPS) is 10.6. The number of aromatic nitrogens is 1. The third-order valence-corrected chi connectivity index (χ3v) is 3.19. The Morgan fingerprint density at radius 1 is 1.35 bits per heavy atom. The van der Waals surface area contributed by atoms with Gasteiger partial charge >= 0.3 is 0 Å². The fourth-order valence-electron chi connectivity index (χ4n) is 1.45. The summed E-state index contributed by atoms with van der Waals surface area (Å²) in [6, 6.07) is 3.01. The van der Waals surface area contributed by atoms with Gasteiger partial charge in [0.15, 0.2) is 12.2 Å². The summed E-state index contributed by atoms with van der Waals surface area (Å²) in [5, 5.41) is -0.112. The van der Waals surface area contributed by atoms with Gasteiger partial charge in [0, 0.05) is 0 Å². The Bertz CT molecular complexity index is 592. The lowest BCUT2D eigenvalue weighted by Gasteiger charge is -2.07. The minimum atomic E-state index is -0.648. The third kappa shape index (κ3) is 2.18. The predicted molar refractivity (Wildman–Crippen MR) is 66.9 cm³/mol. The standard InChI is InChI=1S/C11H6Cl3NO2/c1-5-10(17-4-15-5)8-7(12)3-2-6(9(8)13)11(14)16/h2-4H,1H3. The van der Waals surface area contributed by atoms with Gasteiger partial charge in [-0.15, -0.1) is 0 Å². The van der Waals surface area contributed by atoms with E-state index >= 15 is 0 Å². The van der Waals surface area contributed by atoms with Gasteiger partial charge in [-0.3, -0.25) is 4.79 Å². The Morgan fingerprint density at radius 3 is 2.59 bits per heavy atom. The first-order valence-corrected chi connectivity index (χ1v) is 5.74. The Kier molecular flexibility index (Phi) is 3.43. The SMILES string of the molecule is Cc1ncoc1-c1c(Cl)ccc(C(=O)Cl)c1Cl. The second-order valence-electron chi connectivity index (χ2n) is 3.32. The summed E-state index contributed by atoms with van der Waals surface area (Å²) in [4.78, 5) is 15.1. The first-order valence-electron chi connectivity index (χ1n) is 4.60. The maximum Gasteiger partial charge on any atom is 0.253 e. The molecule has 6 heteroatoms. The average Bonchev–Trinajstić information content (AvgIpc) is 2.64. The van der Waals surface area contributed by atoms with Gasteiger partial charge in [-0.25, -0.2) is 4.98 Å². The third-order valence-electron chi connectivity index (χ3n) is 2.28. The van der Waals surface area contributed by atoms with Gasteiger partial charge in [0.25, 0.3) is 5.24 Å². The minimum absolute atomic E-state index is 0.164. The molecule has 0 aliphatic rings. The van der Waals surface area contributed by atoms with Crippen molar-refractivity contribution in [3.63, 3.8) is 0 Å². The molecular formula is C11H6Cl3NO2. The van der Waals surface area contributed by atoms with Gasteiger partial charge in [0.1, 0.15) is 0 Å². The Labute approximate surface area is 112 Å². The van der Waals surface area contributed by atoms with Crippen LogP contribution in [0.5, 0.6) is 0 Å². The number of oxazole rings is 1. The lowest BCUT2D eigenvalue weighted by Crippen LogP contribution is -1.93. The Balaban J connectivity index is 2.73. The number of hydrogen-bond donors (Lipinski definition) is 0. The zero-order chi connectivity index (χ0) is 12.6. The van der Waals surface area contributed by atoms with Gasteiger partial charge in [-0.1, -0.05) is 23.2 Å². The highest BCUT2D eigenvalue weighted by atomic mass is 35.5. The van der Waals surface area contributed by atoms with E-state index in [0.717, 1.165) is 0 Å². The maximum absolute atomic E-state index is 11.2. The van der Waals surface area contributed by atoms with E-state index in [1.54, 1.807) is 13.0 Å². The molecule has 3 nitrogen and oxygen atoms in total. The number of nitrogens with zero attached hydrogens (tertiary/aromatic N) is 1. The van der Waals surface area contributed by atoms with E-state index in [4.69, 9.17) is 39.2 Å². The van der Waals surface area contributed by atoms with Crippen molar-refractivity contribution >= 4 is 40.0 Å². The summed E-state index contributed by atoms with van der Waals surface area (Å²) in [5.41, 5.74) is 1.24. The molecule has 0 atom stereocenters. The van der Waals surface area contributed by atoms with Crippen LogP contribution in [0.4, 0.5) is 0 Å². The van der Waals surface area contributed by atoms with Crippen molar-refractivity contribution in [3.05, 3.63) is 39.8 Å². The zero-order valence-electron chi connectivity index (χ0n) is 8.63. The number of benzene rings is 1. The quantitative estimate of drug-likeness (QED) is 0.773. The summed E-state index contributed by atoms with van der Waals surface area (Å²) < 4.78 is 5.21. The fourth-order valence-corrected chi connectivity index (χ4v) is 2.29. The molecule has 0 spiro atoms. The molecule has 0 unspecified atom stereocenters. The van der Waals surface area contributed by atoms with E-state index in [1.165, 1.54) is 12.5 Å². The molecule has 1 aromatic heterocycles. The number of aryl methyl sites for hydroxylation is 1. The van der Waals surface area contributed by atoms with Crippen molar-refractivity contribution in [1.29, 1.82) is 0 Å². The van der Waals surface area contributed by atoms with E-state index in [9.17, 15) is 4.79 Å². The van der Waals surface area contributed by atoms with Crippen LogP contribution in [0, 0.1) is 6.92 Å². The first kappa shape index (κ1) is 12.4. The van der Waals surface area contributed by atoms with Gasteiger partial charge in [-0.2, -0.15) is 0 Å². The van der Waals surface area contributed by atoms with E-state index in [1.807, 2.05) is 0 Å². The number of halogens is 3. The molecule has 0 saturated carbocycles. The molecule has 88 valence electrons. The van der Waals surface area contributed by atoms with Crippen LogP contribution in [-0.4, -0.2) is 10.2 Å². The van der Waals surface area contributed by atoms with Gasteiger partial charge < -0.3 is 4.42 Å². The van der Waals surface area contributed by atoms with Crippen LogP contribution in [-0.2, 0) is 0 Å². The molecule has 0 radical (unpaired) electrons. The highest BCUT2D eigenvalue weighted by molar-refractivity contribution is 6.69. The van der Waals surface area contributed by atoms with Crippen LogP contribution < -0.4 is 0 Å². The summed E-state index contributed by atoms with van der Waals surface area (Å²) >= 11 is 17.6. The number of carbonyl (C=O) groups excluding carboxylic acids is 1. The smallest absolute Gasteiger partial charge is 0.253 e. The highest BCUT2D eigenvalue weighted by Gasteiger charge is 2.20. The van der Waals surface area contributed by atoms with Crippen molar-refractivity contribution in [2.75, 3.05) is 0 Å². The summed E-state index contributed by atoms with van der Waals surface area (Å²) in [5.74, 6) is 0.430. The van der Waals surface area contributed by atoms with Gasteiger partial charge in [0.2, 0.25) is 0 Å². The van der Waals surface area contributed by atoms with E-state index < -0.39 is 5.24 Å². The molecule has 1 heterocycles. The first-order chi connectivity index (χ1) is 8.02. The van der Waals surface area contributed by atoms with Crippen LogP contribution in [0.3, 0.4) is 0 Å². The van der Waals surface area contributed by atoms with Gasteiger partial charge in [0.05, 0.1) is 26.9 Å². The second-order valence-corrected chi connectivity index (χ2v) is 4.45. The zero-order valence-corrected chi connectivity index (χ0v) is 10.9. The molecule has 0 aliphatic carbocycles. The van der Waals surface area contributed by atoms with E-state index in [0.29, 0.717) is 22.0 Å². The second kappa shape index (κ2) is 4.69. The van der Waals surface area contributed by atoms with Crippen LogP contribution in [0.2, 0.25) is 10.0 Å². The summed E-state index contributed by atoms with van der Waals surface area (Å²) in [7, 11) is 0. The van der Waals surface area contributed by atoms with E-state index in [-0.39, 0.29) is 10.6 Å². The Hall–Kier alpha value is -1.03. The van der Waals surface area contributed by atoms with Crippen LogP contribution in [0.25, 0.3) is 11.3 Å². The lowest BCUT2D eigenvalue weighted by molar-refractivity contribution is 0.108. The van der Waals surface area contributed by atoms with Crippen molar-refractivity contribution in [1.82, 2.24) is 4.98 Å². The molecule has 0 saturated heterocycles. The van der Waals surface area contributed by atoms with Crippen molar-refractivity contribution < 1.29 is 9.21 Å². The van der Waals surface area contributed by atoms with Crippen LogP contribution >= 0.6 is 34.8 Å². The van der Waals surface area contributed by atoms with Crippen LogP contribution in [0.1, 0.15) is 16.1 Å². The summed E-state index contributed by atoms with van der Waals surface area (Å²) in [6.07, 6.45) is 1.28.